The Morgan fingerprint density at radius 2 is 0.460 bits per heavy atom. The number of hydrogen-bond acceptors (Lipinski definition) is 2. The van der Waals surface area contributed by atoms with Crippen LogP contribution in [-0.4, -0.2) is 28.2 Å². The first-order valence-electron chi connectivity index (χ1n) is 34.1. The first-order chi connectivity index (χ1) is 49.6. The maximum Gasteiger partial charge on any atom is 0.137 e. The van der Waals surface area contributed by atoms with Crippen LogP contribution < -0.4 is 0 Å². The van der Waals surface area contributed by atoms with Crippen LogP contribution in [0.3, 0.4) is 0 Å². The number of rotatable bonds is 10. The second kappa shape index (κ2) is 24.3. The lowest BCUT2D eigenvalue weighted by Gasteiger charge is -2.14. The monoisotopic (exact) mass is 1270 g/mol. The van der Waals surface area contributed by atoms with Crippen molar-refractivity contribution in [3.05, 3.63) is 376 Å². The molecule has 0 N–H and O–H groups in total. The third-order valence-corrected chi connectivity index (χ3v) is 19.8. The van der Waals surface area contributed by atoms with Gasteiger partial charge >= 0.3 is 0 Å². The van der Waals surface area contributed by atoms with E-state index in [1.165, 1.54) is 98.4 Å². The molecule has 0 fully saturated rings. The number of benzene rings is 14. The molecule has 6 aromatic heterocycles. The minimum absolute atomic E-state index is 0.889. The van der Waals surface area contributed by atoms with Crippen molar-refractivity contribution in [2.24, 2.45) is 0 Å². The molecule has 0 radical (unpaired) electrons. The second-order valence-corrected chi connectivity index (χ2v) is 25.6. The molecule has 0 bridgehead atoms. The number of nitrogens with zero attached hydrogens (tertiary/aromatic N) is 6. The molecule has 0 amide bonds. The van der Waals surface area contributed by atoms with Crippen molar-refractivity contribution in [2.75, 3.05) is 0 Å². The van der Waals surface area contributed by atoms with Gasteiger partial charge in [0.2, 0.25) is 0 Å². The molecule has 0 aliphatic heterocycles. The van der Waals surface area contributed by atoms with Crippen LogP contribution in [0.25, 0.3) is 177 Å². The Bertz CT molecular complexity index is 5940. The number of hydrogen-bond donors (Lipinski definition) is 0. The molecule has 0 spiro atoms. The SMILES string of the molecule is c1ccc(-c2cc(-c3ccc(-n4c5ccccc5c5ccc6c7ccccc7n(-c7ccccc7)c6c54)cc3)cc(-c3ccccc3)n2)cc1.c1ccc(-c2cc(-c3ccccc3)cc(-c3ccc(-n4c5ccccc5c5ccc6c7ccccc7n(-c7ccccc7)c6c54)nc3)c2)cc1. The summed E-state index contributed by atoms with van der Waals surface area (Å²) >= 11 is 0. The van der Waals surface area contributed by atoms with Gasteiger partial charge in [0.15, 0.2) is 0 Å². The van der Waals surface area contributed by atoms with E-state index in [1.54, 1.807) is 0 Å². The van der Waals surface area contributed by atoms with Crippen molar-refractivity contribution in [1.82, 2.24) is 28.2 Å². The van der Waals surface area contributed by atoms with Crippen LogP contribution >= 0.6 is 0 Å². The van der Waals surface area contributed by atoms with Gasteiger partial charge in [0.05, 0.1) is 55.5 Å². The van der Waals surface area contributed by atoms with Gasteiger partial charge in [-0.05, 0) is 142 Å². The first-order valence-corrected chi connectivity index (χ1v) is 34.1. The average molecular weight is 1280 g/mol. The van der Waals surface area contributed by atoms with E-state index in [2.05, 4.69) is 376 Å². The third-order valence-electron chi connectivity index (χ3n) is 19.8. The van der Waals surface area contributed by atoms with Crippen molar-refractivity contribution in [3.8, 4) is 89.9 Å². The average Bonchev–Trinajstić information content (AvgIpc) is 1.55. The van der Waals surface area contributed by atoms with E-state index in [0.717, 1.165) is 78.7 Å². The van der Waals surface area contributed by atoms with Gasteiger partial charge in [0.25, 0.3) is 0 Å². The topological polar surface area (TPSA) is 45.5 Å². The van der Waals surface area contributed by atoms with Crippen molar-refractivity contribution in [3.63, 3.8) is 0 Å². The minimum atomic E-state index is 0.889. The standard InChI is InChI=1S/2C47H31N3/c1-4-14-32(15-5-1)35-28-36(33-16-6-2-7-17-33)30-37(29-35)34-24-27-45(48-31-34)50-44-23-13-11-21-40(44)42-26-25-41-39-20-10-12-22-43(39)49(46(41)47(42)50)38-18-8-3-9-19-38;1-4-14-33(15-5-1)42-30-35(31-43(48-42)34-16-6-2-7-17-34)32-24-26-37(27-25-32)50-45-23-13-11-21-39(45)41-29-28-40-38-20-10-12-22-44(38)49(46(40)47(41)50)36-18-8-3-9-19-36/h2*1-31H. The summed E-state index contributed by atoms with van der Waals surface area (Å²) in [5.41, 5.74) is 26.3. The number of para-hydroxylation sites is 6. The van der Waals surface area contributed by atoms with E-state index < -0.39 is 0 Å². The lowest BCUT2D eigenvalue weighted by molar-refractivity contribution is 1.08. The fraction of sp³-hybridized carbons (Fsp3) is 0. The van der Waals surface area contributed by atoms with Gasteiger partial charge in [-0.25, -0.2) is 9.97 Å². The zero-order chi connectivity index (χ0) is 66.0. The van der Waals surface area contributed by atoms with Gasteiger partial charge in [-0.15, -0.1) is 0 Å². The van der Waals surface area contributed by atoms with Gasteiger partial charge in [-0.3, -0.25) is 4.57 Å². The second-order valence-electron chi connectivity index (χ2n) is 25.6. The number of fused-ring (bicyclic) bond motifs is 14. The van der Waals surface area contributed by atoms with E-state index in [1.807, 2.05) is 18.3 Å². The molecule has 6 heteroatoms. The highest BCUT2D eigenvalue weighted by molar-refractivity contribution is 6.25. The zero-order valence-electron chi connectivity index (χ0n) is 54.5. The maximum absolute atomic E-state index is 5.22. The maximum atomic E-state index is 5.22. The Morgan fingerprint density at radius 3 is 0.830 bits per heavy atom. The highest BCUT2D eigenvalue weighted by Gasteiger charge is 2.24. The molecular weight excluding hydrogens is 1210 g/mol. The molecule has 20 rings (SSSR count). The Hall–Kier alpha value is -13.4. The van der Waals surface area contributed by atoms with Crippen LogP contribution in [0.2, 0.25) is 0 Å². The van der Waals surface area contributed by atoms with Gasteiger partial charge < -0.3 is 13.7 Å². The van der Waals surface area contributed by atoms with E-state index in [4.69, 9.17) is 9.97 Å². The molecule has 6 heterocycles. The Balaban J connectivity index is 0.000000139. The summed E-state index contributed by atoms with van der Waals surface area (Å²) in [4.78, 5) is 10.3. The molecule has 100 heavy (non-hydrogen) atoms. The van der Waals surface area contributed by atoms with Gasteiger partial charge in [0, 0.05) is 83.0 Å². The summed E-state index contributed by atoms with van der Waals surface area (Å²) in [5.74, 6) is 0.889. The van der Waals surface area contributed by atoms with Gasteiger partial charge in [-0.1, -0.05) is 267 Å². The molecule has 0 saturated heterocycles. The number of aromatic nitrogens is 6. The van der Waals surface area contributed by atoms with Crippen LogP contribution in [0, 0.1) is 0 Å². The molecule has 0 unspecified atom stereocenters. The Kier molecular flexibility index (Phi) is 14.1. The summed E-state index contributed by atoms with van der Waals surface area (Å²) in [7, 11) is 0. The van der Waals surface area contributed by atoms with Crippen molar-refractivity contribution in [2.45, 2.75) is 0 Å². The molecule has 0 aliphatic carbocycles. The van der Waals surface area contributed by atoms with E-state index >= 15 is 0 Å². The summed E-state index contributed by atoms with van der Waals surface area (Å²) in [6, 6.07) is 132. The minimum Gasteiger partial charge on any atom is -0.307 e. The van der Waals surface area contributed by atoms with Crippen LogP contribution in [0.15, 0.2) is 376 Å². The smallest absolute Gasteiger partial charge is 0.137 e. The predicted molar refractivity (Wildman–Crippen MR) is 418 cm³/mol. The summed E-state index contributed by atoms with van der Waals surface area (Å²) in [6.07, 6.45) is 2.03. The van der Waals surface area contributed by atoms with E-state index in [9.17, 15) is 0 Å². The highest BCUT2D eigenvalue weighted by atomic mass is 15.1. The Labute approximate surface area is 578 Å². The first kappa shape index (κ1) is 58.0. The molecule has 0 aliphatic rings. The molecule has 20 aromatic rings. The molecule has 468 valence electrons. The fourth-order valence-corrected chi connectivity index (χ4v) is 15.3. The molecular formula is C94H62N6. The lowest BCUT2D eigenvalue weighted by atomic mass is 9.94. The van der Waals surface area contributed by atoms with Crippen molar-refractivity contribution in [1.29, 1.82) is 0 Å². The summed E-state index contributed by atoms with van der Waals surface area (Å²) in [6.45, 7) is 0. The predicted octanol–water partition coefficient (Wildman–Crippen LogP) is 24.6. The van der Waals surface area contributed by atoms with Gasteiger partial charge in [-0.2, -0.15) is 0 Å². The van der Waals surface area contributed by atoms with E-state index in [-0.39, 0.29) is 0 Å². The lowest BCUT2D eigenvalue weighted by Crippen LogP contribution is -2.00. The summed E-state index contributed by atoms with van der Waals surface area (Å²) in [5, 5.41) is 9.87. The molecule has 0 atom stereocenters. The Morgan fingerprint density at radius 1 is 0.180 bits per heavy atom. The van der Waals surface area contributed by atoms with Crippen LogP contribution in [0.5, 0.6) is 0 Å². The number of pyridine rings is 2. The zero-order valence-corrected chi connectivity index (χ0v) is 54.5. The molecule has 0 saturated carbocycles. The van der Waals surface area contributed by atoms with Gasteiger partial charge in [0.1, 0.15) is 5.82 Å². The normalized spacial score (nSPS) is 11.6. The van der Waals surface area contributed by atoms with Crippen LogP contribution in [0.4, 0.5) is 0 Å². The van der Waals surface area contributed by atoms with Crippen LogP contribution in [0.1, 0.15) is 0 Å². The quantitative estimate of drug-likeness (QED) is 0.137. The molecule has 14 aromatic carbocycles. The highest BCUT2D eigenvalue weighted by Crippen LogP contribution is 2.45. The largest absolute Gasteiger partial charge is 0.307 e. The summed E-state index contributed by atoms with van der Waals surface area (Å²) < 4.78 is 9.65. The van der Waals surface area contributed by atoms with Crippen LogP contribution in [-0.2, 0) is 0 Å². The third kappa shape index (κ3) is 9.88. The van der Waals surface area contributed by atoms with Crippen molar-refractivity contribution >= 4 is 87.2 Å². The molecule has 6 nitrogen and oxygen atoms in total. The van der Waals surface area contributed by atoms with Crippen molar-refractivity contribution < 1.29 is 0 Å². The fourth-order valence-electron chi connectivity index (χ4n) is 15.3. The van der Waals surface area contributed by atoms with E-state index in [0.29, 0.717) is 0 Å².